The van der Waals surface area contributed by atoms with Gasteiger partial charge in [-0.3, -0.25) is 4.79 Å². The van der Waals surface area contributed by atoms with Crippen LogP contribution >= 0.6 is 0 Å². The molecule has 0 unspecified atom stereocenters. The summed E-state index contributed by atoms with van der Waals surface area (Å²) in [6, 6.07) is 12.1. The summed E-state index contributed by atoms with van der Waals surface area (Å²) in [4.78, 5) is 12.1. The van der Waals surface area contributed by atoms with Crippen LogP contribution in [0.3, 0.4) is 0 Å². The van der Waals surface area contributed by atoms with E-state index in [1.807, 2.05) is 0 Å². The van der Waals surface area contributed by atoms with Crippen molar-refractivity contribution in [1.82, 2.24) is 0 Å². The van der Waals surface area contributed by atoms with Gasteiger partial charge in [0.05, 0.1) is 5.69 Å². The third-order valence-electron chi connectivity index (χ3n) is 3.07. The summed E-state index contributed by atoms with van der Waals surface area (Å²) in [6.07, 6.45) is 1.14. The maximum atomic E-state index is 13.5. The van der Waals surface area contributed by atoms with E-state index in [-0.39, 0.29) is 17.0 Å². The number of carbonyl (C=O) groups is 1. The predicted octanol–water partition coefficient (Wildman–Crippen LogP) is 3.30. The number of aromatic hydroxyl groups is 1. The van der Waals surface area contributed by atoms with Gasteiger partial charge in [0.15, 0.2) is 0 Å². The van der Waals surface area contributed by atoms with Gasteiger partial charge in [-0.05, 0) is 42.8 Å². The predicted molar refractivity (Wildman–Crippen MR) is 85.2 cm³/mol. The molecule has 0 atom stereocenters. The first-order chi connectivity index (χ1) is 11.0. The number of hydrogen-bond acceptors (Lipinski definition) is 4. The summed E-state index contributed by atoms with van der Waals surface area (Å²) in [5.41, 5.74) is 1.08. The quantitative estimate of drug-likeness (QED) is 0.459. The fraction of sp³-hybridized carbons (Fsp3) is 0.0588. The summed E-state index contributed by atoms with van der Waals surface area (Å²) in [5.74, 6) is -1.04. The smallest absolute Gasteiger partial charge is 0.267 e. The molecular formula is C17H14FN3O2. The number of phenols is 1. The summed E-state index contributed by atoms with van der Waals surface area (Å²) < 4.78 is 13.5. The number of amides is 1. The van der Waals surface area contributed by atoms with Crippen LogP contribution < -0.4 is 10.6 Å². The monoisotopic (exact) mass is 311 g/mol. The van der Waals surface area contributed by atoms with Crippen LogP contribution in [0.15, 0.2) is 54.2 Å². The molecule has 1 amide bonds. The van der Waals surface area contributed by atoms with Crippen LogP contribution in [0.2, 0.25) is 0 Å². The van der Waals surface area contributed by atoms with Crippen LogP contribution in [0.5, 0.6) is 5.75 Å². The standard InChI is InChI=1S/C17H14FN3O2/c1-11-8-13(22)6-7-15(11)21-17(23)12(9-19)10-20-16-5-3-2-4-14(16)18/h2-8,10,20,22H,1H3,(H,21,23)/b12-10-. The first-order valence-electron chi connectivity index (χ1n) is 6.73. The number of anilines is 2. The molecule has 116 valence electrons. The van der Waals surface area contributed by atoms with E-state index < -0.39 is 11.7 Å². The Labute approximate surface area is 132 Å². The molecule has 3 N–H and O–H groups in total. The Morgan fingerprint density at radius 3 is 2.65 bits per heavy atom. The van der Waals surface area contributed by atoms with Crippen LogP contribution in [-0.4, -0.2) is 11.0 Å². The van der Waals surface area contributed by atoms with Crippen molar-refractivity contribution in [2.75, 3.05) is 10.6 Å². The fourth-order valence-corrected chi connectivity index (χ4v) is 1.85. The van der Waals surface area contributed by atoms with Crippen LogP contribution in [0, 0.1) is 24.1 Å². The van der Waals surface area contributed by atoms with Crippen molar-refractivity contribution in [3.8, 4) is 11.8 Å². The second kappa shape index (κ2) is 7.09. The molecule has 0 aliphatic carbocycles. The Bertz CT molecular complexity index is 810. The minimum atomic E-state index is -0.634. The summed E-state index contributed by atoms with van der Waals surface area (Å²) in [6.45, 7) is 1.71. The lowest BCUT2D eigenvalue weighted by Gasteiger charge is -2.08. The van der Waals surface area contributed by atoms with Gasteiger partial charge in [-0.2, -0.15) is 5.26 Å². The molecule has 0 fully saturated rings. The van der Waals surface area contributed by atoms with E-state index in [1.165, 1.54) is 36.4 Å². The van der Waals surface area contributed by atoms with E-state index in [1.54, 1.807) is 19.1 Å². The summed E-state index contributed by atoms with van der Waals surface area (Å²) in [5, 5.41) is 23.6. The third kappa shape index (κ3) is 4.08. The lowest BCUT2D eigenvalue weighted by Crippen LogP contribution is -2.15. The van der Waals surface area contributed by atoms with Gasteiger partial charge in [0.1, 0.15) is 23.2 Å². The number of carbonyl (C=O) groups excluding carboxylic acids is 1. The number of aryl methyl sites for hydroxylation is 1. The molecule has 5 nitrogen and oxygen atoms in total. The van der Waals surface area contributed by atoms with Crippen molar-refractivity contribution < 1.29 is 14.3 Å². The van der Waals surface area contributed by atoms with E-state index in [0.717, 1.165) is 6.20 Å². The average molecular weight is 311 g/mol. The van der Waals surface area contributed by atoms with Gasteiger partial charge < -0.3 is 15.7 Å². The van der Waals surface area contributed by atoms with Crippen LogP contribution in [0.25, 0.3) is 0 Å². The highest BCUT2D eigenvalue weighted by molar-refractivity contribution is 6.07. The zero-order chi connectivity index (χ0) is 16.8. The Balaban J connectivity index is 2.14. The molecule has 0 aliphatic rings. The minimum absolute atomic E-state index is 0.0813. The maximum Gasteiger partial charge on any atom is 0.267 e. The molecule has 0 aromatic heterocycles. The van der Waals surface area contributed by atoms with Gasteiger partial charge in [0.25, 0.3) is 5.91 Å². The van der Waals surface area contributed by atoms with Crippen LogP contribution in [0.1, 0.15) is 5.56 Å². The highest BCUT2D eigenvalue weighted by Gasteiger charge is 2.11. The molecule has 0 saturated heterocycles. The molecule has 2 rings (SSSR count). The van der Waals surface area contributed by atoms with Gasteiger partial charge in [0.2, 0.25) is 0 Å². The highest BCUT2D eigenvalue weighted by Crippen LogP contribution is 2.20. The molecule has 0 bridgehead atoms. The molecule has 0 saturated carbocycles. The molecular weight excluding hydrogens is 297 g/mol. The summed E-state index contributed by atoms with van der Waals surface area (Å²) >= 11 is 0. The van der Waals surface area contributed by atoms with E-state index in [0.29, 0.717) is 11.3 Å². The van der Waals surface area contributed by atoms with Crippen molar-refractivity contribution in [3.63, 3.8) is 0 Å². The second-order valence-corrected chi connectivity index (χ2v) is 4.75. The van der Waals surface area contributed by atoms with E-state index in [4.69, 9.17) is 5.26 Å². The topological polar surface area (TPSA) is 85.2 Å². The molecule has 0 spiro atoms. The number of nitriles is 1. The van der Waals surface area contributed by atoms with Gasteiger partial charge in [-0.15, -0.1) is 0 Å². The first-order valence-corrected chi connectivity index (χ1v) is 6.73. The summed E-state index contributed by atoms with van der Waals surface area (Å²) in [7, 11) is 0. The van der Waals surface area contributed by atoms with Crippen molar-refractivity contribution in [3.05, 3.63) is 65.6 Å². The fourth-order valence-electron chi connectivity index (χ4n) is 1.85. The van der Waals surface area contributed by atoms with Gasteiger partial charge in [-0.25, -0.2) is 4.39 Å². The molecule has 2 aromatic rings. The van der Waals surface area contributed by atoms with E-state index in [2.05, 4.69) is 10.6 Å². The highest BCUT2D eigenvalue weighted by atomic mass is 19.1. The van der Waals surface area contributed by atoms with E-state index in [9.17, 15) is 14.3 Å². The number of benzene rings is 2. The van der Waals surface area contributed by atoms with Crippen molar-refractivity contribution >= 4 is 17.3 Å². The first kappa shape index (κ1) is 16.0. The lowest BCUT2D eigenvalue weighted by atomic mass is 10.2. The van der Waals surface area contributed by atoms with Crippen LogP contribution in [-0.2, 0) is 4.79 Å². The third-order valence-corrected chi connectivity index (χ3v) is 3.07. The number of rotatable bonds is 4. The maximum absolute atomic E-state index is 13.5. The number of nitrogens with one attached hydrogen (secondary N) is 2. The number of halogens is 1. The Morgan fingerprint density at radius 1 is 1.26 bits per heavy atom. The van der Waals surface area contributed by atoms with Crippen molar-refractivity contribution in [2.24, 2.45) is 0 Å². The molecule has 23 heavy (non-hydrogen) atoms. The zero-order valence-corrected chi connectivity index (χ0v) is 12.3. The van der Waals surface area contributed by atoms with E-state index >= 15 is 0 Å². The molecule has 6 heteroatoms. The van der Waals surface area contributed by atoms with Crippen LogP contribution in [0.4, 0.5) is 15.8 Å². The molecule has 0 radical (unpaired) electrons. The minimum Gasteiger partial charge on any atom is -0.508 e. The zero-order valence-electron chi connectivity index (χ0n) is 12.3. The van der Waals surface area contributed by atoms with Gasteiger partial charge >= 0.3 is 0 Å². The molecule has 0 heterocycles. The Kier molecular flexibility index (Phi) is 4.95. The Morgan fingerprint density at radius 2 is 2.00 bits per heavy atom. The average Bonchev–Trinajstić information content (AvgIpc) is 2.52. The lowest BCUT2D eigenvalue weighted by molar-refractivity contribution is -0.112. The Hall–Kier alpha value is -3.33. The second-order valence-electron chi connectivity index (χ2n) is 4.75. The largest absolute Gasteiger partial charge is 0.508 e. The molecule has 2 aromatic carbocycles. The van der Waals surface area contributed by atoms with Gasteiger partial charge in [-0.1, -0.05) is 12.1 Å². The number of phenolic OH excluding ortho intramolecular Hbond substituents is 1. The van der Waals surface area contributed by atoms with Crippen molar-refractivity contribution in [2.45, 2.75) is 6.92 Å². The molecule has 0 aliphatic heterocycles. The van der Waals surface area contributed by atoms with Crippen molar-refractivity contribution in [1.29, 1.82) is 5.26 Å². The number of para-hydroxylation sites is 1. The number of hydrogen-bond donors (Lipinski definition) is 3. The van der Waals surface area contributed by atoms with Gasteiger partial charge in [0, 0.05) is 11.9 Å². The SMILES string of the molecule is Cc1cc(O)ccc1NC(=O)/C(C#N)=C\Nc1ccccc1F. The number of nitrogens with zero attached hydrogens (tertiary/aromatic N) is 1. The normalized spacial score (nSPS) is 10.7.